The molecule has 1 fully saturated rings. The fraction of sp³-hybridized carbons (Fsp3) is 0.700. The van der Waals surface area contributed by atoms with Crippen LogP contribution in [0.2, 0.25) is 0 Å². The summed E-state index contributed by atoms with van der Waals surface area (Å²) in [7, 11) is 0. The van der Waals surface area contributed by atoms with Gasteiger partial charge in [0.1, 0.15) is 0 Å². The molecule has 0 aromatic heterocycles. The van der Waals surface area contributed by atoms with Crippen LogP contribution in [0.1, 0.15) is 32.1 Å². The number of amides is 2. The third-order valence-corrected chi connectivity index (χ3v) is 2.47. The Bertz CT molecular complexity index is 208. The van der Waals surface area contributed by atoms with E-state index in [0.29, 0.717) is 12.4 Å². The first-order chi connectivity index (χ1) is 6.83. The fourth-order valence-corrected chi connectivity index (χ4v) is 1.62. The van der Waals surface area contributed by atoms with Crippen molar-refractivity contribution in [3.63, 3.8) is 0 Å². The molecule has 0 radical (unpaired) electrons. The minimum atomic E-state index is -0.163. The van der Waals surface area contributed by atoms with Crippen molar-refractivity contribution < 1.29 is 4.79 Å². The second-order valence-corrected chi connectivity index (χ2v) is 3.83. The van der Waals surface area contributed by atoms with Crippen LogP contribution >= 0.6 is 11.6 Å². The van der Waals surface area contributed by atoms with Gasteiger partial charge in [0.05, 0.1) is 0 Å². The quantitative estimate of drug-likeness (QED) is 0.699. The molecule has 2 N–H and O–H groups in total. The maximum atomic E-state index is 11.1. The van der Waals surface area contributed by atoms with Gasteiger partial charge in [0.2, 0.25) is 0 Å². The van der Waals surface area contributed by atoms with E-state index >= 15 is 0 Å². The fourth-order valence-electron chi connectivity index (χ4n) is 1.53. The standard InChI is InChI=1S/C10H17ClN2O/c11-6-7-12-10(14)13-8-9-4-2-1-3-5-9/h8H,1-7H2,(H2,12,13,14). The smallest absolute Gasteiger partial charge is 0.318 e. The number of hydrogen-bond donors (Lipinski definition) is 2. The Balaban J connectivity index is 2.19. The van der Waals surface area contributed by atoms with Crippen LogP contribution in [0, 0.1) is 0 Å². The Kier molecular flexibility index (Phi) is 5.45. The van der Waals surface area contributed by atoms with E-state index in [9.17, 15) is 4.79 Å². The highest BCUT2D eigenvalue weighted by Gasteiger charge is 2.05. The summed E-state index contributed by atoms with van der Waals surface area (Å²) in [5, 5.41) is 5.36. The molecule has 0 spiro atoms. The summed E-state index contributed by atoms with van der Waals surface area (Å²) in [4.78, 5) is 11.1. The highest BCUT2D eigenvalue weighted by atomic mass is 35.5. The molecule has 1 saturated carbocycles. The van der Waals surface area contributed by atoms with E-state index in [1.54, 1.807) is 0 Å². The summed E-state index contributed by atoms with van der Waals surface area (Å²) >= 11 is 5.44. The molecule has 0 bridgehead atoms. The van der Waals surface area contributed by atoms with Gasteiger partial charge >= 0.3 is 6.03 Å². The van der Waals surface area contributed by atoms with Crippen LogP contribution in [0.15, 0.2) is 11.8 Å². The molecule has 0 heterocycles. The highest BCUT2D eigenvalue weighted by molar-refractivity contribution is 6.18. The molecule has 0 aromatic rings. The van der Waals surface area contributed by atoms with Crippen molar-refractivity contribution in [2.45, 2.75) is 32.1 Å². The van der Waals surface area contributed by atoms with Gasteiger partial charge in [0, 0.05) is 18.6 Å². The second kappa shape index (κ2) is 6.71. The molecule has 0 saturated heterocycles. The van der Waals surface area contributed by atoms with Crippen LogP contribution in [0.5, 0.6) is 0 Å². The van der Waals surface area contributed by atoms with Crippen LogP contribution in [0.25, 0.3) is 0 Å². The summed E-state index contributed by atoms with van der Waals surface area (Å²) in [5.74, 6) is 0.448. The normalized spacial score (nSPS) is 16.2. The van der Waals surface area contributed by atoms with Gasteiger partial charge in [-0.15, -0.1) is 11.6 Å². The summed E-state index contributed by atoms with van der Waals surface area (Å²) in [6.07, 6.45) is 7.89. The Labute approximate surface area is 89.9 Å². The summed E-state index contributed by atoms with van der Waals surface area (Å²) in [6.45, 7) is 0.510. The van der Waals surface area contributed by atoms with Crippen LogP contribution in [0.3, 0.4) is 0 Å². The molecule has 0 aliphatic heterocycles. The van der Waals surface area contributed by atoms with Gasteiger partial charge in [0.25, 0.3) is 0 Å². The first kappa shape index (κ1) is 11.4. The van der Waals surface area contributed by atoms with Gasteiger partial charge in [0.15, 0.2) is 0 Å². The van der Waals surface area contributed by atoms with E-state index in [4.69, 9.17) is 11.6 Å². The van der Waals surface area contributed by atoms with E-state index in [0.717, 1.165) is 12.8 Å². The molecule has 0 atom stereocenters. The largest absolute Gasteiger partial charge is 0.337 e. The predicted molar refractivity (Wildman–Crippen MR) is 58.4 cm³/mol. The monoisotopic (exact) mass is 216 g/mol. The minimum absolute atomic E-state index is 0.163. The lowest BCUT2D eigenvalue weighted by molar-refractivity contribution is 0.244. The Morgan fingerprint density at radius 3 is 2.71 bits per heavy atom. The van der Waals surface area contributed by atoms with Crippen molar-refractivity contribution in [2.75, 3.05) is 12.4 Å². The molecule has 1 aliphatic carbocycles. The van der Waals surface area contributed by atoms with Crippen LogP contribution < -0.4 is 10.6 Å². The van der Waals surface area contributed by atoms with Gasteiger partial charge in [-0.1, -0.05) is 12.0 Å². The zero-order chi connectivity index (χ0) is 10.2. The van der Waals surface area contributed by atoms with Crippen molar-refractivity contribution in [1.29, 1.82) is 0 Å². The first-order valence-electron chi connectivity index (χ1n) is 5.11. The lowest BCUT2D eigenvalue weighted by Crippen LogP contribution is -2.33. The number of alkyl halides is 1. The first-order valence-corrected chi connectivity index (χ1v) is 5.64. The average Bonchev–Trinajstić information content (AvgIpc) is 2.25. The Morgan fingerprint density at radius 2 is 2.07 bits per heavy atom. The maximum Gasteiger partial charge on any atom is 0.318 e. The number of nitrogens with one attached hydrogen (secondary N) is 2. The number of halogens is 1. The Morgan fingerprint density at radius 1 is 1.36 bits per heavy atom. The number of allylic oxidation sites excluding steroid dienone is 1. The third-order valence-electron chi connectivity index (χ3n) is 2.28. The van der Waals surface area contributed by atoms with E-state index in [1.807, 2.05) is 6.20 Å². The highest BCUT2D eigenvalue weighted by Crippen LogP contribution is 2.21. The molecule has 4 heteroatoms. The van der Waals surface area contributed by atoms with Crippen molar-refractivity contribution in [2.24, 2.45) is 0 Å². The van der Waals surface area contributed by atoms with E-state index in [2.05, 4.69) is 10.6 Å². The molecular formula is C10H17ClN2O. The summed E-state index contributed by atoms with van der Waals surface area (Å²) < 4.78 is 0. The van der Waals surface area contributed by atoms with Crippen molar-refractivity contribution in [1.82, 2.24) is 10.6 Å². The van der Waals surface area contributed by atoms with Crippen molar-refractivity contribution in [3.05, 3.63) is 11.8 Å². The predicted octanol–water partition coefficient (Wildman–Crippen LogP) is 2.37. The van der Waals surface area contributed by atoms with Crippen LogP contribution in [-0.4, -0.2) is 18.5 Å². The average molecular weight is 217 g/mol. The molecular weight excluding hydrogens is 200 g/mol. The minimum Gasteiger partial charge on any atom is -0.337 e. The summed E-state index contributed by atoms with van der Waals surface area (Å²) in [6, 6.07) is -0.163. The molecule has 0 unspecified atom stereocenters. The van der Waals surface area contributed by atoms with Gasteiger partial charge in [-0.2, -0.15) is 0 Å². The number of carbonyl (C=O) groups is 1. The second-order valence-electron chi connectivity index (χ2n) is 3.45. The number of rotatable bonds is 3. The van der Waals surface area contributed by atoms with Gasteiger partial charge in [-0.05, 0) is 25.7 Å². The summed E-state index contributed by atoms with van der Waals surface area (Å²) in [5.41, 5.74) is 1.34. The zero-order valence-electron chi connectivity index (χ0n) is 8.31. The van der Waals surface area contributed by atoms with Crippen molar-refractivity contribution >= 4 is 17.6 Å². The molecule has 1 aliphatic rings. The third kappa shape index (κ3) is 4.51. The SMILES string of the molecule is O=C(NC=C1CCCCC1)NCCCl. The van der Waals surface area contributed by atoms with Gasteiger partial charge in [-0.3, -0.25) is 0 Å². The van der Waals surface area contributed by atoms with E-state index in [-0.39, 0.29) is 6.03 Å². The lowest BCUT2D eigenvalue weighted by atomic mass is 9.96. The van der Waals surface area contributed by atoms with E-state index in [1.165, 1.54) is 24.8 Å². The molecule has 80 valence electrons. The maximum absolute atomic E-state index is 11.1. The van der Waals surface area contributed by atoms with Crippen LogP contribution in [0.4, 0.5) is 4.79 Å². The number of hydrogen-bond acceptors (Lipinski definition) is 1. The Hall–Kier alpha value is -0.700. The molecule has 0 aromatic carbocycles. The number of urea groups is 1. The number of carbonyl (C=O) groups excluding carboxylic acids is 1. The van der Waals surface area contributed by atoms with Gasteiger partial charge < -0.3 is 10.6 Å². The molecule has 1 rings (SSSR count). The van der Waals surface area contributed by atoms with Crippen LogP contribution in [-0.2, 0) is 0 Å². The van der Waals surface area contributed by atoms with Crippen molar-refractivity contribution in [3.8, 4) is 0 Å². The molecule has 14 heavy (non-hydrogen) atoms. The van der Waals surface area contributed by atoms with E-state index < -0.39 is 0 Å². The molecule has 3 nitrogen and oxygen atoms in total. The zero-order valence-corrected chi connectivity index (χ0v) is 9.07. The molecule has 2 amide bonds. The van der Waals surface area contributed by atoms with Gasteiger partial charge in [-0.25, -0.2) is 4.79 Å². The topological polar surface area (TPSA) is 41.1 Å². The lowest BCUT2D eigenvalue weighted by Gasteiger charge is -2.13.